The topological polar surface area (TPSA) is 111 Å². The number of carbonyl (C=O) groups excluding carboxylic acids is 3. The Balaban J connectivity index is 3.87. The maximum absolute atomic E-state index is 12.7. The standard InChI is InChI=1S/C52H101NO8/c1-6-8-10-12-13-14-15-16-17-18-19-20-21-22-23-24-25-26-27-28-29-30-31-32-33-34-35-36-37-39-41-43-50(55)61-48(46-59-49(54)42-40-38-11-9-7-2)47-60-52(51(56)57)58-45-44-53(3,4)5/h48,52H,6-47H2,1-5H3. The fourth-order valence-electron chi connectivity index (χ4n) is 7.77. The Morgan fingerprint density at radius 1 is 0.426 bits per heavy atom. The first-order valence-electron chi connectivity index (χ1n) is 26.2. The number of likely N-dealkylation sites (N-methyl/N-ethyl adjacent to an activating group) is 1. The molecule has 0 amide bonds. The van der Waals surface area contributed by atoms with E-state index in [9.17, 15) is 19.5 Å². The van der Waals surface area contributed by atoms with E-state index in [0.717, 1.165) is 51.4 Å². The Morgan fingerprint density at radius 3 is 1.05 bits per heavy atom. The van der Waals surface area contributed by atoms with E-state index < -0.39 is 24.3 Å². The number of carbonyl (C=O) groups is 3. The summed E-state index contributed by atoms with van der Waals surface area (Å²) in [6, 6.07) is 0. The number of quaternary nitrogens is 1. The highest BCUT2D eigenvalue weighted by atomic mass is 16.7. The minimum Gasteiger partial charge on any atom is -0.545 e. The van der Waals surface area contributed by atoms with Gasteiger partial charge in [-0.2, -0.15) is 0 Å². The van der Waals surface area contributed by atoms with E-state index >= 15 is 0 Å². The summed E-state index contributed by atoms with van der Waals surface area (Å²) in [5.41, 5.74) is 0. The number of rotatable bonds is 49. The summed E-state index contributed by atoms with van der Waals surface area (Å²) in [6.07, 6.45) is 45.1. The number of ether oxygens (including phenoxy) is 4. The Labute approximate surface area is 377 Å². The Bertz CT molecular complexity index is 970. The van der Waals surface area contributed by atoms with Crippen LogP contribution in [-0.2, 0) is 33.3 Å². The van der Waals surface area contributed by atoms with Crippen molar-refractivity contribution in [2.24, 2.45) is 0 Å². The first-order chi connectivity index (χ1) is 29.6. The number of hydrogen-bond acceptors (Lipinski definition) is 8. The van der Waals surface area contributed by atoms with Crippen LogP contribution >= 0.6 is 0 Å². The summed E-state index contributed by atoms with van der Waals surface area (Å²) >= 11 is 0. The first kappa shape index (κ1) is 59.3. The fourth-order valence-corrected chi connectivity index (χ4v) is 7.77. The second-order valence-corrected chi connectivity index (χ2v) is 19.2. The van der Waals surface area contributed by atoms with E-state index in [4.69, 9.17) is 18.9 Å². The largest absolute Gasteiger partial charge is 0.545 e. The minimum absolute atomic E-state index is 0.152. The van der Waals surface area contributed by atoms with Crippen molar-refractivity contribution in [2.75, 3.05) is 47.5 Å². The van der Waals surface area contributed by atoms with Crippen molar-refractivity contribution in [3.05, 3.63) is 0 Å². The van der Waals surface area contributed by atoms with Crippen molar-refractivity contribution in [1.82, 2.24) is 0 Å². The van der Waals surface area contributed by atoms with E-state index in [1.165, 1.54) is 180 Å². The molecule has 0 saturated carbocycles. The number of hydrogen-bond donors (Lipinski definition) is 0. The van der Waals surface area contributed by atoms with Crippen molar-refractivity contribution < 1.29 is 42.9 Å². The molecule has 0 aromatic rings. The molecule has 362 valence electrons. The third-order valence-corrected chi connectivity index (χ3v) is 11.9. The van der Waals surface area contributed by atoms with Crippen LogP contribution in [0.25, 0.3) is 0 Å². The van der Waals surface area contributed by atoms with Gasteiger partial charge in [0.15, 0.2) is 12.4 Å². The average Bonchev–Trinajstić information content (AvgIpc) is 3.22. The van der Waals surface area contributed by atoms with Crippen LogP contribution in [0.5, 0.6) is 0 Å². The highest BCUT2D eigenvalue weighted by Crippen LogP contribution is 2.17. The molecule has 0 radical (unpaired) electrons. The lowest BCUT2D eigenvalue weighted by Gasteiger charge is -2.26. The molecule has 61 heavy (non-hydrogen) atoms. The van der Waals surface area contributed by atoms with Gasteiger partial charge in [-0.25, -0.2) is 0 Å². The van der Waals surface area contributed by atoms with Crippen molar-refractivity contribution in [1.29, 1.82) is 0 Å². The highest BCUT2D eigenvalue weighted by molar-refractivity contribution is 5.70. The molecule has 0 spiro atoms. The van der Waals surface area contributed by atoms with Gasteiger partial charge >= 0.3 is 11.9 Å². The second-order valence-electron chi connectivity index (χ2n) is 19.2. The van der Waals surface area contributed by atoms with Crippen LogP contribution < -0.4 is 5.11 Å². The van der Waals surface area contributed by atoms with E-state index in [1.807, 2.05) is 21.1 Å². The summed E-state index contributed by atoms with van der Waals surface area (Å²) < 4.78 is 22.4. The second kappa shape index (κ2) is 44.9. The van der Waals surface area contributed by atoms with E-state index in [-0.39, 0.29) is 32.2 Å². The van der Waals surface area contributed by atoms with Gasteiger partial charge in [-0.05, 0) is 12.8 Å². The van der Waals surface area contributed by atoms with Crippen LogP contribution in [-0.4, -0.2) is 82.3 Å². The molecule has 0 saturated heterocycles. The van der Waals surface area contributed by atoms with Crippen molar-refractivity contribution in [3.63, 3.8) is 0 Å². The van der Waals surface area contributed by atoms with Crippen LogP contribution in [0.4, 0.5) is 0 Å². The van der Waals surface area contributed by atoms with E-state index in [0.29, 0.717) is 17.4 Å². The first-order valence-corrected chi connectivity index (χ1v) is 26.2. The molecule has 0 aromatic heterocycles. The molecular weight excluding hydrogens is 767 g/mol. The monoisotopic (exact) mass is 868 g/mol. The van der Waals surface area contributed by atoms with Crippen LogP contribution in [0.3, 0.4) is 0 Å². The van der Waals surface area contributed by atoms with Crippen molar-refractivity contribution >= 4 is 17.9 Å². The van der Waals surface area contributed by atoms with Gasteiger partial charge < -0.3 is 33.3 Å². The molecule has 2 unspecified atom stereocenters. The molecule has 9 nitrogen and oxygen atoms in total. The number of esters is 2. The van der Waals surface area contributed by atoms with Gasteiger partial charge in [-0.1, -0.05) is 232 Å². The molecule has 0 aliphatic carbocycles. The van der Waals surface area contributed by atoms with Gasteiger partial charge in [0.1, 0.15) is 13.2 Å². The van der Waals surface area contributed by atoms with Gasteiger partial charge in [0.05, 0.1) is 40.3 Å². The van der Waals surface area contributed by atoms with Crippen LogP contribution in [0.15, 0.2) is 0 Å². The number of carboxylic acids is 1. The fraction of sp³-hybridized carbons (Fsp3) is 0.942. The van der Waals surface area contributed by atoms with Gasteiger partial charge in [0, 0.05) is 12.8 Å². The zero-order valence-electron chi connectivity index (χ0n) is 41.1. The number of aliphatic carboxylic acids is 1. The molecule has 0 rings (SSSR count). The summed E-state index contributed by atoms with van der Waals surface area (Å²) in [5.74, 6) is -2.28. The molecule has 0 N–H and O–H groups in total. The molecule has 0 fully saturated rings. The SMILES string of the molecule is CCCCCCCCCCCCCCCCCCCCCCCCCCCCCCCCCC(=O)OC(COC(=O)CCCCCCC)COC(OCC[N+](C)(C)C)C(=O)[O-]. The normalized spacial score (nSPS) is 12.7. The quantitative estimate of drug-likeness (QED) is 0.0257. The predicted molar refractivity (Wildman–Crippen MR) is 251 cm³/mol. The third-order valence-electron chi connectivity index (χ3n) is 11.9. The average molecular weight is 868 g/mol. The summed E-state index contributed by atoms with van der Waals surface area (Å²) in [4.78, 5) is 36.7. The predicted octanol–water partition coefficient (Wildman–Crippen LogP) is 13.1. The molecule has 0 aromatic carbocycles. The lowest BCUT2D eigenvalue weighted by atomic mass is 10.0. The zero-order chi connectivity index (χ0) is 44.9. The van der Waals surface area contributed by atoms with Gasteiger partial charge in [0.25, 0.3) is 0 Å². The van der Waals surface area contributed by atoms with Crippen molar-refractivity contribution in [2.45, 2.75) is 270 Å². The molecular formula is C52H101NO8. The van der Waals surface area contributed by atoms with E-state index in [2.05, 4.69) is 13.8 Å². The molecule has 0 bridgehead atoms. The maximum atomic E-state index is 12.7. The van der Waals surface area contributed by atoms with Crippen LogP contribution in [0.1, 0.15) is 258 Å². The van der Waals surface area contributed by atoms with Gasteiger partial charge in [0.2, 0.25) is 0 Å². The maximum Gasteiger partial charge on any atom is 0.306 e. The van der Waals surface area contributed by atoms with Crippen LogP contribution in [0.2, 0.25) is 0 Å². The zero-order valence-corrected chi connectivity index (χ0v) is 41.1. The van der Waals surface area contributed by atoms with Gasteiger partial charge in [-0.3, -0.25) is 9.59 Å². The molecule has 0 aliphatic rings. The van der Waals surface area contributed by atoms with Gasteiger partial charge in [-0.15, -0.1) is 0 Å². The third kappa shape index (κ3) is 46.1. The number of nitrogens with zero attached hydrogens (tertiary/aromatic N) is 1. The Morgan fingerprint density at radius 2 is 0.738 bits per heavy atom. The summed E-state index contributed by atoms with van der Waals surface area (Å²) in [7, 11) is 5.91. The Hall–Kier alpha value is -1.71. The Kier molecular flexibility index (Phi) is 43.6. The molecule has 0 heterocycles. The molecule has 2 atom stereocenters. The summed E-state index contributed by atoms with van der Waals surface area (Å²) in [6.45, 7) is 4.68. The lowest BCUT2D eigenvalue weighted by molar-refractivity contribution is -0.870. The van der Waals surface area contributed by atoms with Crippen LogP contribution in [0, 0.1) is 0 Å². The minimum atomic E-state index is -1.61. The highest BCUT2D eigenvalue weighted by Gasteiger charge is 2.22. The number of carboxylic acid groups (broad SMARTS) is 1. The van der Waals surface area contributed by atoms with E-state index in [1.54, 1.807) is 0 Å². The molecule has 9 heteroatoms. The smallest absolute Gasteiger partial charge is 0.306 e. The number of unbranched alkanes of at least 4 members (excludes halogenated alkanes) is 34. The van der Waals surface area contributed by atoms with Crippen molar-refractivity contribution in [3.8, 4) is 0 Å². The molecule has 0 aliphatic heterocycles. The summed E-state index contributed by atoms with van der Waals surface area (Å²) in [5, 5.41) is 11.6. The lowest BCUT2D eigenvalue weighted by Crippen LogP contribution is -2.44.